The predicted molar refractivity (Wildman–Crippen MR) is 114 cm³/mol. The molecule has 1 aliphatic carbocycles. The predicted octanol–water partition coefficient (Wildman–Crippen LogP) is 3.33. The lowest BCUT2D eigenvalue weighted by Gasteiger charge is -2.10. The van der Waals surface area contributed by atoms with Crippen LogP contribution in [0.25, 0.3) is 5.82 Å². The smallest absolute Gasteiger partial charge is 0.338 e. The van der Waals surface area contributed by atoms with E-state index in [0.717, 1.165) is 60.6 Å². The molecule has 3 heterocycles. The van der Waals surface area contributed by atoms with Gasteiger partial charge in [-0.3, -0.25) is 0 Å². The number of carbonyl (C=O) groups is 1. The van der Waals surface area contributed by atoms with E-state index in [9.17, 15) is 10.1 Å². The van der Waals surface area contributed by atoms with E-state index in [0.29, 0.717) is 23.7 Å². The molecule has 0 spiro atoms. The van der Waals surface area contributed by atoms with Gasteiger partial charge in [0.15, 0.2) is 5.82 Å². The van der Waals surface area contributed by atoms with Crippen molar-refractivity contribution in [3.63, 3.8) is 0 Å². The van der Waals surface area contributed by atoms with Gasteiger partial charge in [0.1, 0.15) is 12.7 Å². The highest BCUT2D eigenvalue weighted by molar-refractivity contribution is 5.93. The van der Waals surface area contributed by atoms with E-state index in [-0.39, 0.29) is 5.97 Å². The van der Waals surface area contributed by atoms with Crippen LogP contribution in [0, 0.1) is 18.3 Å². The van der Waals surface area contributed by atoms with E-state index >= 15 is 0 Å². The van der Waals surface area contributed by atoms with Crippen molar-refractivity contribution in [2.24, 2.45) is 0 Å². The van der Waals surface area contributed by atoms with Gasteiger partial charge in [0, 0.05) is 24.2 Å². The molecule has 7 nitrogen and oxygen atoms in total. The molecule has 2 aromatic heterocycles. The molecule has 3 aromatic rings. The van der Waals surface area contributed by atoms with Crippen LogP contribution >= 0.6 is 0 Å². The second-order valence-corrected chi connectivity index (χ2v) is 8.16. The molecule has 0 radical (unpaired) electrons. The third-order valence-electron chi connectivity index (χ3n) is 6.05. The van der Waals surface area contributed by atoms with Crippen LogP contribution in [0.3, 0.4) is 0 Å². The zero-order chi connectivity index (χ0) is 21.4. The van der Waals surface area contributed by atoms with Crippen molar-refractivity contribution in [1.29, 1.82) is 5.26 Å². The SMILES string of the molecule is Cc1c(CCNCc2ccc(-n3cc(C#N)c(C4CC4)n3)nc2)ccc2c1COC2=O. The first-order valence-electron chi connectivity index (χ1n) is 10.6. The van der Waals surface area contributed by atoms with E-state index in [1.807, 2.05) is 30.5 Å². The second kappa shape index (κ2) is 7.97. The number of esters is 1. The van der Waals surface area contributed by atoms with Gasteiger partial charge in [0.25, 0.3) is 0 Å². The highest BCUT2D eigenvalue weighted by Gasteiger charge is 2.29. The van der Waals surface area contributed by atoms with Gasteiger partial charge in [-0.1, -0.05) is 12.1 Å². The highest BCUT2D eigenvalue weighted by Crippen LogP contribution is 2.40. The Bertz CT molecular complexity index is 1190. The maximum atomic E-state index is 11.7. The number of pyridine rings is 1. The van der Waals surface area contributed by atoms with Gasteiger partial charge in [-0.2, -0.15) is 10.4 Å². The quantitative estimate of drug-likeness (QED) is 0.472. The van der Waals surface area contributed by atoms with Crippen LogP contribution in [-0.4, -0.2) is 27.3 Å². The van der Waals surface area contributed by atoms with Crippen molar-refractivity contribution in [2.75, 3.05) is 6.54 Å². The average molecular weight is 413 g/mol. The fraction of sp³-hybridized carbons (Fsp3) is 0.333. The zero-order valence-corrected chi connectivity index (χ0v) is 17.4. The topological polar surface area (TPSA) is 92.8 Å². The van der Waals surface area contributed by atoms with Crippen LogP contribution in [0.2, 0.25) is 0 Å². The number of hydrogen-bond acceptors (Lipinski definition) is 6. The zero-order valence-electron chi connectivity index (χ0n) is 17.4. The van der Waals surface area contributed by atoms with Gasteiger partial charge in [0.05, 0.1) is 23.0 Å². The molecule has 2 aliphatic rings. The number of ether oxygens (including phenoxy) is 1. The molecule has 0 atom stereocenters. The second-order valence-electron chi connectivity index (χ2n) is 8.16. The van der Waals surface area contributed by atoms with Gasteiger partial charge in [-0.25, -0.2) is 14.5 Å². The van der Waals surface area contributed by atoms with Gasteiger partial charge >= 0.3 is 5.97 Å². The van der Waals surface area contributed by atoms with Crippen LogP contribution in [0.15, 0.2) is 36.7 Å². The molecular formula is C24H23N5O2. The summed E-state index contributed by atoms with van der Waals surface area (Å²) in [5.41, 5.74) is 6.73. The minimum atomic E-state index is -0.221. The van der Waals surface area contributed by atoms with Crippen molar-refractivity contribution < 1.29 is 9.53 Å². The Morgan fingerprint density at radius 1 is 1.29 bits per heavy atom. The van der Waals surface area contributed by atoms with Crippen molar-refractivity contribution in [2.45, 2.75) is 45.3 Å². The summed E-state index contributed by atoms with van der Waals surface area (Å²) >= 11 is 0. The molecule has 1 N–H and O–H groups in total. The van der Waals surface area contributed by atoms with Gasteiger partial charge in [0.2, 0.25) is 0 Å². The molecule has 31 heavy (non-hydrogen) atoms. The number of nitrogens with one attached hydrogen (secondary N) is 1. The summed E-state index contributed by atoms with van der Waals surface area (Å²) in [4.78, 5) is 16.2. The third kappa shape index (κ3) is 3.82. The molecule has 0 amide bonds. The Labute approximate surface area is 180 Å². The van der Waals surface area contributed by atoms with Crippen molar-refractivity contribution >= 4 is 5.97 Å². The summed E-state index contributed by atoms with van der Waals surface area (Å²) in [6, 6.07) is 10.1. The molecule has 7 heteroatoms. The van der Waals surface area contributed by atoms with Crippen LogP contribution in [0.4, 0.5) is 0 Å². The maximum Gasteiger partial charge on any atom is 0.338 e. The minimum absolute atomic E-state index is 0.221. The lowest BCUT2D eigenvalue weighted by atomic mass is 9.97. The number of fused-ring (bicyclic) bond motifs is 1. The molecule has 156 valence electrons. The number of rotatable bonds is 7. The number of benzene rings is 1. The highest BCUT2D eigenvalue weighted by atomic mass is 16.5. The monoisotopic (exact) mass is 413 g/mol. The van der Waals surface area contributed by atoms with Gasteiger partial charge in [-0.05, 0) is 61.6 Å². The summed E-state index contributed by atoms with van der Waals surface area (Å²) < 4.78 is 6.83. The van der Waals surface area contributed by atoms with Crippen molar-refractivity contribution in [3.05, 3.63) is 75.7 Å². The Hall–Kier alpha value is -3.50. The summed E-state index contributed by atoms with van der Waals surface area (Å²) in [6.07, 6.45) is 6.72. The number of nitrogens with zero attached hydrogens (tertiary/aromatic N) is 4. The molecular weight excluding hydrogens is 390 g/mol. The van der Waals surface area contributed by atoms with E-state index in [2.05, 4.69) is 28.4 Å². The average Bonchev–Trinajstić information content (AvgIpc) is 3.43. The van der Waals surface area contributed by atoms with E-state index in [1.165, 1.54) is 5.56 Å². The number of aromatic nitrogens is 3. The molecule has 0 bridgehead atoms. The van der Waals surface area contributed by atoms with Crippen LogP contribution < -0.4 is 5.32 Å². The molecule has 1 saturated carbocycles. The molecule has 0 unspecified atom stereocenters. The van der Waals surface area contributed by atoms with Crippen LogP contribution in [0.1, 0.15) is 62.6 Å². The third-order valence-corrected chi connectivity index (χ3v) is 6.05. The standard InChI is InChI=1S/C24H23N5O2/c1-15-17(5-6-20-21(15)14-31-24(20)30)8-9-26-11-16-2-7-22(27-12-16)29-13-19(10-25)23(28-29)18-3-4-18/h2,5-7,12-13,18,26H,3-4,8-9,11,14H2,1H3. The van der Waals surface area contributed by atoms with E-state index in [4.69, 9.17) is 4.74 Å². The number of cyclic esters (lactones) is 1. The van der Waals surface area contributed by atoms with E-state index in [1.54, 1.807) is 10.9 Å². The number of hydrogen-bond donors (Lipinski definition) is 1. The summed E-state index contributed by atoms with van der Waals surface area (Å²) in [5, 5.41) is 17.4. The summed E-state index contributed by atoms with van der Waals surface area (Å²) in [7, 11) is 0. The first-order chi connectivity index (χ1) is 15.1. The van der Waals surface area contributed by atoms with Crippen LogP contribution in [-0.2, 0) is 24.3 Å². The molecule has 0 saturated heterocycles. The normalized spacial score (nSPS) is 14.9. The van der Waals surface area contributed by atoms with Gasteiger partial charge < -0.3 is 10.1 Å². The molecule has 5 rings (SSSR count). The molecule has 1 fully saturated rings. The fourth-order valence-corrected chi connectivity index (χ4v) is 4.03. The van der Waals surface area contributed by atoms with Crippen LogP contribution in [0.5, 0.6) is 0 Å². The van der Waals surface area contributed by atoms with Crippen molar-refractivity contribution in [3.8, 4) is 11.9 Å². The first kappa shape index (κ1) is 19.5. The Morgan fingerprint density at radius 3 is 2.90 bits per heavy atom. The summed E-state index contributed by atoms with van der Waals surface area (Å²) in [6.45, 7) is 3.98. The number of carbonyl (C=O) groups excluding carboxylic acids is 1. The Balaban J connectivity index is 1.17. The minimum Gasteiger partial charge on any atom is -0.457 e. The van der Waals surface area contributed by atoms with Crippen molar-refractivity contribution in [1.82, 2.24) is 20.1 Å². The fourth-order valence-electron chi connectivity index (χ4n) is 4.03. The largest absolute Gasteiger partial charge is 0.457 e. The maximum absolute atomic E-state index is 11.7. The lowest BCUT2D eigenvalue weighted by Crippen LogP contribution is -2.17. The summed E-state index contributed by atoms with van der Waals surface area (Å²) in [5.74, 6) is 0.931. The molecule has 1 aromatic carbocycles. The molecule has 1 aliphatic heterocycles. The van der Waals surface area contributed by atoms with E-state index < -0.39 is 0 Å². The Kier molecular flexibility index (Phi) is 5.00. The van der Waals surface area contributed by atoms with Gasteiger partial charge in [-0.15, -0.1) is 0 Å². The number of nitriles is 1. The Morgan fingerprint density at radius 2 is 2.16 bits per heavy atom. The first-order valence-corrected chi connectivity index (χ1v) is 10.6. The lowest BCUT2D eigenvalue weighted by molar-refractivity contribution is 0.0535.